The fourth-order valence-electron chi connectivity index (χ4n) is 1.75. The van der Waals surface area contributed by atoms with E-state index in [-0.39, 0.29) is 0 Å². The molecule has 0 atom stereocenters. The molecule has 4 heteroatoms. The van der Waals surface area contributed by atoms with Crippen molar-refractivity contribution < 1.29 is 14.7 Å². The van der Waals surface area contributed by atoms with Crippen LogP contribution in [0.5, 0.6) is 0 Å². The molecule has 0 heterocycles. The molecule has 0 bridgehead atoms. The minimum absolute atomic E-state index is 0.416. The summed E-state index contributed by atoms with van der Waals surface area (Å²) in [4.78, 5) is 22.0. The zero-order chi connectivity index (χ0) is 10.9. The van der Waals surface area contributed by atoms with Gasteiger partial charge in [-0.2, -0.15) is 0 Å². The highest BCUT2D eigenvalue weighted by atomic mass is 16.4. The van der Waals surface area contributed by atoms with Gasteiger partial charge in [-0.25, -0.2) is 4.79 Å². The Morgan fingerprint density at radius 2 is 1.80 bits per heavy atom. The predicted molar refractivity (Wildman–Crippen MR) is 53.5 cm³/mol. The first kappa shape index (κ1) is 9.71. The summed E-state index contributed by atoms with van der Waals surface area (Å²) in [5, 5.41) is 10.4. The lowest BCUT2D eigenvalue weighted by Gasteiger charge is -2.13. The molecule has 1 aromatic carbocycles. The van der Waals surface area contributed by atoms with E-state index in [2.05, 4.69) is 0 Å². The lowest BCUT2D eigenvalue weighted by atomic mass is 9.95. The molecule has 15 heavy (non-hydrogen) atoms. The van der Waals surface area contributed by atoms with Gasteiger partial charge in [0.1, 0.15) is 0 Å². The van der Waals surface area contributed by atoms with Gasteiger partial charge in [-0.15, -0.1) is 0 Å². The second kappa shape index (κ2) is 3.38. The molecule has 1 aliphatic carbocycles. The van der Waals surface area contributed by atoms with Crippen LogP contribution in [0.25, 0.3) is 0 Å². The molecule has 0 saturated heterocycles. The molecule has 2 amide bonds. The van der Waals surface area contributed by atoms with Crippen molar-refractivity contribution in [2.45, 2.75) is 18.3 Å². The molecule has 4 nitrogen and oxygen atoms in total. The molecule has 78 valence electrons. The summed E-state index contributed by atoms with van der Waals surface area (Å²) in [6.45, 7) is 0. The predicted octanol–water partition coefficient (Wildman–Crippen LogP) is 1.51. The Morgan fingerprint density at radius 3 is 2.27 bits per heavy atom. The molecule has 0 spiro atoms. The highest BCUT2D eigenvalue weighted by molar-refractivity contribution is 5.99. The van der Waals surface area contributed by atoms with E-state index in [4.69, 9.17) is 5.11 Å². The summed E-state index contributed by atoms with van der Waals surface area (Å²) >= 11 is 0. The molecule has 2 rings (SSSR count). The third kappa shape index (κ3) is 1.70. The SMILES string of the molecule is O=C(O)NC(=O)C1(c2ccccc2)CC1. The van der Waals surface area contributed by atoms with Crippen molar-refractivity contribution >= 4 is 12.0 Å². The van der Waals surface area contributed by atoms with Gasteiger partial charge >= 0.3 is 6.09 Å². The number of carbonyl (C=O) groups is 2. The summed E-state index contributed by atoms with van der Waals surface area (Å²) in [6, 6.07) is 9.28. The number of carboxylic acid groups (broad SMARTS) is 1. The van der Waals surface area contributed by atoms with E-state index < -0.39 is 17.4 Å². The Labute approximate surface area is 86.9 Å². The molecule has 1 aliphatic rings. The van der Waals surface area contributed by atoms with Crippen molar-refractivity contribution in [1.29, 1.82) is 0 Å². The molecule has 1 aromatic rings. The fourth-order valence-corrected chi connectivity index (χ4v) is 1.75. The van der Waals surface area contributed by atoms with Crippen LogP contribution in [0.15, 0.2) is 30.3 Å². The molecular weight excluding hydrogens is 194 g/mol. The van der Waals surface area contributed by atoms with Crippen molar-refractivity contribution in [3.8, 4) is 0 Å². The minimum Gasteiger partial charge on any atom is -0.465 e. The van der Waals surface area contributed by atoms with Crippen LogP contribution >= 0.6 is 0 Å². The number of nitrogens with one attached hydrogen (secondary N) is 1. The summed E-state index contributed by atoms with van der Waals surface area (Å²) in [6.07, 6.45) is 0.147. The van der Waals surface area contributed by atoms with Crippen LogP contribution in [0.1, 0.15) is 18.4 Å². The normalized spacial score (nSPS) is 16.8. The lowest BCUT2D eigenvalue weighted by Crippen LogP contribution is -2.37. The first-order valence-electron chi connectivity index (χ1n) is 4.75. The van der Waals surface area contributed by atoms with Crippen LogP contribution in [-0.2, 0) is 10.2 Å². The molecule has 0 unspecified atom stereocenters. The fraction of sp³-hybridized carbons (Fsp3) is 0.273. The quantitative estimate of drug-likeness (QED) is 0.769. The summed E-state index contributed by atoms with van der Waals surface area (Å²) < 4.78 is 0. The van der Waals surface area contributed by atoms with Crippen molar-refractivity contribution in [2.75, 3.05) is 0 Å². The van der Waals surface area contributed by atoms with Crippen molar-refractivity contribution in [3.63, 3.8) is 0 Å². The van der Waals surface area contributed by atoms with Gasteiger partial charge in [0.15, 0.2) is 0 Å². The van der Waals surface area contributed by atoms with Gasteiger partial charge in [-0.3, -0.25) is 10.1 Å². The van der Waals surface area contributed by atoms with Crippen LogP contribution in [0.4, 0.5) is 4.79 Å². The van der Waals surface area contributed by atoms with Crippen molar-refractivity contribution in [1.82, 2.24) is 5.32 Å². The maximum absolute atomic E-state index is 11.6. The van der Waals surface area contributed by atoms with E-state index in [9.17, 15) is 9.59 Å². The van der Waals surface area contributed by atoms with Gasteiger partial charge in [0.05, 0.1) is 5.41 Å². The van der Waals surface area contributed by atoms with Crippen LogP contribution in [0, 0.1) is 0 Å². The Balaban J connectivity index is 2.21. The highest BCUT2D eigenvalue weighted by Gasteiger charge is 2.51. The van der Waals surface area contributed by atoms with Gasteiger partial charge < -0.3 is 5.11 Å². The van der Waals surface area contributed by atoms with Gasteiger partial charge in [0.25, 0.3) is 0 Å². The number of rotatable bonds is 2. The number of benzene rings is 1. The number of carbonyl (C=O) groups excluding carboxylic acids is 1. The van der Waals surface area contributed by atoms with Crippen molar-refractivity contribution in [3.05, 3.63) is 35.9 Å². The standard InChI is InChI=1S/C11H11NO3/c13-9(12-10(14)15)11(6-7-11)8-4-2-1-3-5-8/h1-5H,6-7H2,(H,12,13)(H,14,15). The lowest BCUT2D eigenvalue weighted by molar-refractivity contribution is -0.122. The Kier molecular flexibility index (Phi) is 2.19. The molecule has 0 aliphatic heterocycles. The molecule has 2 N–H and O–H groups in total. The van der Waals surface area contributed by atoms with Crippen LogP contribution in [0.2, 0.25) is 0 Å². The molecule has 0 radical (unpaired) electrons. The van der Waals surface area contributed by atoms with Gasteiger partial charge in [0, 0.05) is 0 Å². The average Bonchev–Trinajstić information content (AvgIpc) is 2.99. The monoisotopic (exact) mass is 205 g/mol. The second-order valence-corrected chi connectivity index (χ2v) is 3.71. The van der Waals surface area contributed by atoms with Gasteiger partial charge in [-0.05, 0) is 18.4 Å². The Hall–Kier alpha value is -1.84. The second-order valence-electron chi connectivity index (χ2n) is 3.71. The van der Waals surface area contributed by atoms with Crippen molar-refractivity contribution in [2.24, 2.45) is 0 Å². The highest BCUT2D eigenvalue weighted by Crippen LogP contribution is 2.48. The average molecular weight is 205 g/mol. The third-order valence-electron chi connectivity index (χ3n) is 2.73. The molecule has 1 fully saturated rings. The largest absolute Gasteiger partial charge is 0.465 e. The van der Waals surface area contributed by atoms with E-state index >= 15 is 0 Å². The Morgan fingerprint density at radius 1 is 1.20 bits per heavy atom. The van der Waals surface area contributed by atoms with Crippen LogP contribution < -0.4 is 5.32 Å². The number of amides is 2. The minimum atomic E-state index is -1.29. The zero-order valence-electron chi connectivity index (χ0n) is 8.06. The topological polar surface area (TPSA) is 66.4 Å². The summed E-state index contributed by atoms with van der Waals surface area (Å²) in [5.41, 5.74) is 0.295. The maximum atomic E-state index is 11.6. The maximum Gasteiger partial charge on any atom is 0.411 e. The van der Waals surface area contributed by atoms with E-state index in [0.717, 1.165) is 18.4 Å². The van der Waals surface area contributed by atoms with Gasteiger partial charge in [-0.1, -0.05) is 30.3 Å². The van der Waals surface area contributed by atoms with Gasteiger partial charge in [0.2, 0.25) is 5.91 Å². The van der Waals surface area contributed by atoms with E-state index in [0.29, 0.717) is 0 Å². The number of hydrogen-bond acceptors (Lipinski definition) is 2. The first-order chi connectivity index (χ1) is 7.15. The smallest absolute Gasteiger partial charge is 0.411 e. The molecule has 1 saturated carbocycles. The summed E-state index contributed by atoms with van der Waals surface area (Å²) in [5.74, 6) is -0.416. The van der Waals surface area contributed by atoms with E-state index in [1.54, 1.807) is 0 Å². The van der Waals surface area contributed by atoms with E-state index in [1.807, 2.05) is 35.6 Å². The summed E-state index contributed by atoms with van der Waals surface area (Å²) in [7, 11) is 0. The first-order valence-corrected chi connectivity index (χ1v) is 4.75. The van der Waals surface area contributed by atoms with Crippen LogP contribution in [0.3, 0.4) is 0 Å². The zero-order valence-corrected chi connectivity index (χ0v) is 8.06. The molecule has 0 aromatic heterocycles. The van der Waals surface area contributed by atoms with E-state index in [1.165, 1.54) is 0 Å². The number of hydrogen-bond donors (Lipinski definition) is 2. The molecular formula is C11H11NO3. The van der Waals surface area contributed by atoms with Crippen LogP contribution in [-0.4, -0.2) is 17.1 Å². The Bertz CT molecular complexity index is 396. The number of imide groups is 1. The third-order valence-corrected chi connectivity index (χ3v) is 2.73.